The summed E-state index contributed by atoms with van der Waals surface area (Å²) in [5, 5.41) is -1.15. The van der Waals surface area contributed by atoms with Crippen molar-refractivity contribution in [3.05, 3.63) is 29.3 Å². The predicted octanol–water partition coefficient (Wildman–Crippen LogP) is 1.28. The Labute approximate surface area is 135 Å². The lowest BCUT2D eigenvalue weighted by atomic mass is 9.99. The van der Waals surface area contributed by atoms with Gasteiger partial charge in [-0.25, -0.2) is 4.79 Å². The van der Waals surface area contributed by atoms with Crippen molar-refractivity contribution in [2.24, 2.45) is 0 Å². The Hall–Kier alpha value is -1.64. The third-order valence-electron chi connectivity index (χ3n) is 4.53. The van der Waals surface area contributed by atoms with Gasteiger partial charge in [0.25, 0.3) is 10.1 Å². The molecule has 23 heavy (non-hydrogen) atoms. The zero-order valence-corrected chi connectivity index (χ0v) is 13.9. The Morgan fingerprint density at radius 2 is 2.09 bits per heavy atom. The summed E-state index contributed by atoms with van der Waals surface area (Å²) >= 11 is 0. The first-order valence-electron chi connectivity index (χ1n) is 7.50. The molecule has 2 atom stereocenters. The Morgan fingerprint density at radius 3 is 2.78 bits per heavy atom. The summed E-state index contributed by atoms with van der Waals surface area (Å²) < 4.78 is 36.7. The minimum atomic E-state index is -4.25. The molecule has 0 spiro atoms. The smallest absolute Gasteiger partial charge is 0.414 e. The number of benzene rings is 1. The van der Waals surface area contributed by atoms with Gasteiger partial charge < -0.3 is 9.64 Å². The number of ether oxygens (including phenoxy) is 1. The molecular weight excluding hydrogens is 320 g/mol. The molecule has 126 valence electrons. The lowest BCUT2D eigenvalue weighted by molar-refractivity contribution is 0.139. The summed E-state index contributed by atoms with van der Waals surface area (Å²) in [4.78, 5) is 15.7. The third-order valence-corrected chi connectivity index (χ3v) is 5.78. The van der Waals surface area contributed by atoms with Crippen LogP contribution >= 0.6 is 0 Å². The summed E-state index contributed by atoms with van der Waals surface area (Å²) in [5.74, 6) is 0. The lowest BCUT2D eigenvalue weighted by Gasteiger charge is -2.26. The Balaban J connectivity index is 1.81. The van der Waals surface area contributed by atoms with Crippen molar-refractivity contribution in [2.45, 2.75) is 31.2 Å². The largest absolute Gasteiger partial charge is 0.442 e. The number of amides is 1. The molecule has 1 aromatic rings. The zero-order valence-electron chi connectivity index (χ0n) is 13.1. The molecular formula is C15H20N2O5S. The fourth-order valence-corrected chi connectivity index (χ4v) is 3.51. The van der Waals surface area contributed by atoms with Gasteiger partial charge in [0.15, 0.2) is 0 Å². The highest BCUT2D eigenvalue weighted by Gasteiger charge is 2.40. The maximum atomic E-state index is 12.1. The van der Waals surface area contributed by atoms with Gasteiger partial charge in [-0.1, -0.05) is 6.07 Å². The monoisotopic (exact) mass is 340 g/mol. The number of fused-ring (bicyclic) bond motifs is 1. The topological polar surface area (TPSA) is 87.2 Å². The van der Waals surface area contributed by atoms with Crippen molar-refractivity contribution >= 4 is 21.9 Å². The molecule has 2 heterocycles. The highest BCUT2D eigenvalue weighted by atomic mass is 32.2. The minimum absolute atomic E-state index is 0.110. The number of carbonyl (C=O) groups is 1. The van der Waals surface area contributed by atoms with Crippen LogP contribution in [0.15, 0.2) is 18.2 Å². The highest BCUT2D eigenvalue weighted by Crippen LogP contribution is 2.28. The first-order chi connectivity index (χ1) is 10.8. The molecule has 8 heteroatoms. The molecule has 0 aliphatic carbocycles. The van der Waals surface area contributed by atoms with Gasteiger partial charge in [0, 0.05) is 18.8 Å². The summed E-state index contributed by atoms with van der Waals surface area (Å²) in [5.41, 5.74) is 3.13. The molecule has 1 amide bonds. The average molecular weight is 340 g/mol. The number of hydrogen-bond donors (Lipinski definition) is 1. The zero-order chi connectivity index (χ0) is 16.8. The number of anilines is 1. The van der Waals surface area contributed by atoms with Gasteiger partial charge >= 0.3 is 6.09 Å². The fraction of sp³-hybridized carbons (Fsp3) is 0.533. The van der Waals surface area contributed by atoms with Gasteiger partial charge in [0.2, 0.25) is 0 Å². The van der Waals surface area contributed by atoms with Gasteiger partial charge in [-0.05, 0) is 43.7 Å². The molecule has 1 unspecified atom stereocenters. The second kappa shape index (κ2) is 5.77. The number of likely N-dealkylation sites (N-methyl/N-ethyl adjacent to an activating group) is 1. The van der Waals surface area contributed by atoms with E-state index in [0.717, 1.165) is 19.5 Å². The molecule has 7 nitrogen and oxygen atoms in total. The number of carbonyl (C=O) groups excluding carboxylic acids is 1. The Kier molecular flexibility index (Phi) is 4.07. The van der Waals surface area contributed by atoms with E-state index in [9.17, 15) is 13.2 Å². The van der Waals surface area contributed by atoms with Crippen molar-refractivity contribution in [2.75, 3.05) is 25.0 Å². The van der Waals surface area contributed by atoms with E-state index >= 15 is 0 Å². The quantitative estimate of drug-likeness (QED) is 0.834. The minimum Gasteiger partial charge on any atom is -0.442 e. The second-order valence-electron chi connectivity index (χ2n) is 6.19. The van der Waals surface area contributed by atoms with E-state index in [2.05, 4.69) is 11.9 Å². The van der Waals surface area contributed by atoms with Crippen molar-refractivity contribution < 1.29 is 22.5 Å². The molecule has 1 N–H and O–H groups in total. The van der Waals surface area contributed by atoms with Crippen LogP contribution < -0.4 is 4.90 Å². The van der Waals surface area contributed by atoms with Crippen LogP contribution in [0.5, 0.6) is 0 Å². The number of nitrogens with zero attached hydrogens (tertiary/aromatic N) is 2. The highest BCUT2D eigenvalue weighted by molar-refractivity contribution is 7.86. The lowest BCUT2D eigenvalue weighted by Crippen LogP contribution is -2.34. The molecule has 0 radical (unpaired) electrons. The maximum Gasteiger partial charge on any atom is 0.414 e. The van der Waals surface area contributed by atoms with Gasteiger partial charge in [0.1, 0.15) is 11.4 Å². The van der Waals surface area contributed by atoms with Crippen LogP contribution in [-0.2, 0) is 27.8 Å². The normalized spacial score (nSPS) is 23.5. The van der Waals surface area contributed by atoms with E-state index in [1.807, 2.05) is 18.2 Å². The van der Waals surface area contributed by atoms with Gasteiger partial charge in [-0.2, -0.15) is 8.42 Å². The van der Waals surface area contributed by atoms with Crippen LogP contribution in [-0.4, -0.2) is 55.5 Å². The van der Waals surface area contributed by atoms with Crippen LogP contribution in [0.25, 0.3) is 0 Å². The fourth-order valence-electron chi connectivity index (χ4n) is 2.98. The number of cyclic esters (lactones) is 1. The summed E-state index contributed by atoms with van der Waals surface area (Å²) in [6, 6.07) is 5.80. The first kappa shape index (κ1) is 16.2. The molecule has 0 saturated carbocycles. The van der Waals surface area contributed by atoms with E-state index in [4.69, 9.17) is 9.29 Å². The first-order valence-corrected chi connectivity index (χ1v) is 9.01. The van der Waals surface area contributed by atoms with Crippen LogP contribution in [0.1, 0.15) is 18.1 Å². The van der Waals surface area contributed by atoms with Crippen LogP contribution in [0.4, 0.5) is 10.5 Å². The molecule has 0 bridgehead atoms. The van der Waals surface area contributed by atoms with Gasteiger partial charge in [0.05, 0.1) is 6.54 Å². The van der Waals surface area contributed by atoms with Crippen LogP contribution in [0.3, 0.4) is 0 Å². The molecule has 2 aliphatic rings. The SMILES string of the molecule is C[C@@H](C1CN(c2ccc3c(c2)CCN(C)C3)C(=O)O1)S(=O)(=O)O. The molecule has 1 aromatic carbocycles. The van der Waals surface area contributed by atoms with E-state index < -0.39 is 27.6 Å². The molecule has 1 fully saturated rings. The van der Waals surface area contributed by atoms with Crippen molar-refractivity contribution in [1.29, 1.82) is 0 Å². The molecule has 2 aliphatic heterocycles. The van der Waals surface area contributed by atoms with Crippen molar-refractivity contribution in [1.82, 2.24) is 4.90 Å². The third kappa shape index (κ3) is 3.19. The standard InChI is InChI=1S/C15H20N2O5S/c1-10(23(19,20)21)14-9-17(15(18)22-14)13-4-3-12-8-16(2)6-5-11(12)7-13/h3-4,7,10,14H,5-6,8-9H2,1-2H3,(H,19,20,21)/t10-,14?/m0/s1. The predicted molar refractivity (Wildman–Crippen MR) is 85.1 cm³/mol. The number of rotatable bonds is 3. The van der Waals surface area contributed by atoms with E-state index in [1.54, 1.807) is 0 Å². The van der Waals surface area contributed by atoms with Gasteiger partial charge in [-0.3, -0.25) is 9.45 Å². The Bertz CT molecular complexity index is 733. The van der Waals surface area contributed by atoms with E-state index in [-0.39, 0.29) is 6.54 Å². The summed E-state index contributed by atoms with van der Waals surface area (Å²) in [6.07, 6.45) is -0.550. The van der Waals surface area contributed by atoms with Crippen LogP contribution in [0.2, 0.25) is 0 Å². The molecule has 1 saturated heterocycles. The summed E-state index contributed by atoms with van der Waals surface area (Å²) in [6.45, 7) is 3.28. The van der Waals surface area contributed by atoms with Gasteiger partial charge in [-0.15, -0.1) is 0 Å². The second-order valence-corrected chi connectivity index (χ2v) is 7.97. The van der Waals surface area contributed by atoms with Crippen LogP contribution in [0, 0.1) is 0 Å². The Morgan fingerprint density at radius 1 is 1.35 bits per heavy atom. The van der Waals surface area contributed by atoms with E-state index in [1.165, 1.54) is 23.0 Å². The van der Waals surface area contributed by atoms with E-state index in [0.29, 0.717) is 5.69 Å². The van der Waals surface area contributed by atoms with Crippen molar-refractivity contribution in [3.63, 3.8) is 0 Å². The summed E-state index contributed by atoms with van der Waals surface area (Å²) in [7, 11) is -2.18. The maximum absolute atomic E-state index is 12.1. The average Bonchev–Trinajstić information content (AvgIpc) is 2.86. The number of hydrogen-bond acceptors (Lipinski definition) is 5. The molecule has 3 rings (SSSR count). The molecule has 0 aromatic heterocycles. The van der Waals surface area contributed by atoms with Crippen molar-refractivity contribution in [3.8, 4) is 0 Å².